The van der Waals surface area contributed by atoms with Gasteiger partial charge in [-0.05, 0) is 37.1 Å². The largest absolute Gasteiger partial charge is 0.465 e. The molecule has 0 radical (unpaired) electrons. The Morgan fingerprint density at radius 3 is 2.54 bits per heavy atom. The van der Waals surface area contributed by atoms with Crippen LogP contribution in [0.25, 0.3) is 11.1 Å². The number of carbonyl (C=O) groups excluding carboxylic acids is 1. The van der Waals surface area contributed by atoms with Crippen LogP contribution in [0.5, 0.6) is 0 Å². The number of nitrogens with one attached hydrogen (secondary N) is 1. The molecule has 0 saturated carbocycles. The van der Waals surface area contributed by atoms with E-state index in [0.29, 0.717) is 37.2 Å². The van der Waals surface area contributed by atoms with E-state index in [9.17, 15) is 19.1 Å². The molecule has 0 spiro atoms. The van der Waals surface area contributed by atoms with Crippen molar-refractivity contribution in [3.8, 4) is 11.1 Å². The Labute approximate surface area is 202 Å². The van der Waals surface area contributed by atoms with Crippen LogP contribution in [0.15, 0.2) is 42.7 Å². The summed E-state index contributed by atoms with van der Waals surface area (Å²) in [6.45, 7) is 7.07. The van der Waals surface area contributed by atoms with Crippen LogP contribution in [0.3, 0.4) is 0 Å². The summed E-state index contributed by atoms with van der Waals surface area (Å²) >= 11 is 0. The van der Waals surface area contributed by atoms with Gasteiger partial charge in [-0.15, -0.1) is 0 Å². The van der Waals surface area contributed by atoms with E-state index in [1.165, 1.54) is 23.1 Å². The van der Waals surface area contributed by atoms with Crippen LogP contribution in [-0.2, 0) is 5.41 Å². The Morgan fingerprint density at radius 1 is 1.20 bits per heavy atom. The van der Waals surface area contributed by atoms with Crippen LogP contribution < -0.4 is 11.1 Å². The molecule has 0 aliphatic carbocycles. The number of benzene rings is 1. The number of halogens is 1. The summed E-state index contributed by atoms with van der Waals surface area (Å²) in [6, 6.07) is 7.35. The Hall–Kier alpha value is -3.95. The average Bonchev–Trinajstić information content (AvgIpc) is 3.25. The molecule has 1 aliphatic heterocycles. The molecule has 3 aromatic rings. The number of carboxylic acid groups (broad SMARTS) is 1. The minimum Gasteiger partial charge on any atom is -0.465 e. The molecule has 4 N–H and O–H groups in total. The maximum Gasteiger partial charge on any atom is 0.407 e. The van der Waals surface area contributed by atoms with E-state index in [1.54, 1.807) is 18.3 Å². The van der Waals surface area contributed by atoms with Gasteiger partial charge in [-0.1, -0.05) is 26.8 Å². The lowest BCUT2D eigenvalue weighted by molar-refractivity contribution is 0.102. The van der Waals surface area contributed by atoms with E-state index in [2.05, 4.69) is 31.1 Å². The molecule has 2 aromatic heterocycles. The zero-order valence-corrected chi connectivity index (χ0v) is 20.0. The standard InChI is InChI=1S/C25H29FN6O3/c1-25(2,3)21-20(14-32(30-21)18-7-9-31(10-8-18)24(34)35)15-11-19(22(27)28-13-15)23(33)29-17-6-4-5-16(26)12-17/h4-6,11-14,18H,7-10H2,1-3H3,(H2,27,28)(H,29,33)(H,34,35). The van der Waals surface area contributed by atoms with Crippen molar-refractivity contribution >= 4 is 23.5 Å². The van der Waals surface area contributed by atoms with Crippen LogP contribution >= 0.6 is 0 Å². The van der Waals surface area contributed by atoms with Crippen LogP contribution in [-0.4, -0.2) is 49.9 Å². The monoisotopic (exact) mass is 480 g/mol. The number of nitrogens with zero attached hydrogens (tertiary/aromatic N) is 4. The van der Waals surface area contributed by atoms with Gasteiger partial charge in [-0.2, -0.15) is 5.10 Å². The number of anilines is 2. The Bertz CT molecular complexity index is 1260. The molecule has 0 unspecified atom stereocenters. The summed E-state index contributed by atoms with van der Waals surface area (Å²) in [5, 5.41) is 16.8. The Balaban J connectivity index is 1.66. The number of aromatic nitrogens is 3. The summed E-state index contributed by atoms with van der Waals surface area (Å²) < 4.78 is 15.4. The van der Waals surface area contributed by atoms with Gasteiger partial charge in [-0.3, -0.25) is 9.48 Å². The molecular formula is C25H29FN6O3. The van der Waals surface area contributed by atoms with Gasteiger partial charge in [0.2, 0.25) is 0 Å². The third-order valence-electron chi connectivity index (χ3n) is 6.11. The summed E-state index contributed by atoms with van der Waals surface area (Å²) in [4.78, 5) is 29.8. The molecule has 0 bridgehead atoms. The van der Waals surface area contributed by atoms with Crippen molar-refractivity contribution in [3.63, 3.8) is 0 Å². The first-order valence-corrected chi connectivity index (χ1v) is 11.4. The van der Waals surface area contributed by atoms with Crippen LogP contribution in [0.4, 0.5) is 20.7 Å². The smallest absolute Gasteiger partial charge is 0.407 e. The third-order valence-corrected chi connectivity index (χ3v) is 6.11. The molecule has 4 rings (SSSR count). The minimum atomic E-state index is -0.906. The van der Waals surface area contributed by atoms with Gasteiger partial charge in [0.05, 0.1) is 17.3 Å². The normalized spacial score (nSPS) is 14.7. The number of rotatable bonds is 4. The lowest BCUT2D eigenvalue weighted by Crippen LogP contribution is -2.38. The summed E-state index contributed by atoms with van der Waals surface area (Å²) in [5.74, 6) is -0.888. The van der Waals surface area contributed by atoms with E-state index in [4.69, 9.17) is 10.8 Å². The minimum absolute atomic E-state index is 0.0633. The molecule has 0 atom stereocenters. The van der Waals surface area contributed by atoms with Gasteiger partial charge in [0.25, 0.3) is 5.91 Å². The maximum absolute atomic E-state index is 13.5. The van der Waals surface area contributed by atoms with Crippen molar-refractivity contribution in [1.29, 1.82) is 0 Å². The molecule has 1 fully saturated rings. The van der Waals surface area contributed by atoms with Gasteiger partial charge >= 0.3 is 6.09 Å². The van der Waals surface area contributed by atoms with Gasteiger partial charge in [0.15, 0.2) is 0 Å². The van der Waals surface area contributed by atoms with Crippen molar-refractivity contribution in [2.45, 2.75) is 45.1 Å². The summed E-state index contributed by atoms with van der Waals surface area (Å²) in [6.07, 6.45) is 3.97. The summed E-state index contributed by atoms with van der Waals surface area (Å²) in [7, 11) is 0. The highest BCUT2D eigenvalue weighted by Crippen LogP contribution is 2.35. The van der Waals surface area contributed by atoms with E-state index >= 15 is 0 Å². The zero-order chi connectivity index (χ0) is 25.3. The second-order valence-corrected chi connectivity index (χ2v) is 9.74. The quantitative estimate of drug-likeness (QED) is 0.504. The number of carbonyl (C=O) groups is 2. The van der Waals surface area contributed by atoms with Crippen molar-refractivity contribution in [3.05, 3.63) is 59.8 Å². The fourth-order valence-electron chi connectivity index (χ4n) is 4.23. The third kappa shape index (κ3) is 5.26. The van der Waals surface area contributed by atoms with Crippen molar-refractivity contribution < 1.29 is 19.1 Å². The SMILES string of the molecule is CC(C)(C)c1nn(C2CCN(C(=O)O)CC2)cc1-c1cnc(N)c(C(=O)Nc2cccc(F)c2)c1. The van der Waals surface area contributed by atoms with E-state index in [1.807, 2.05) is 10.9 Å². The Kier molecular flexibility index (Phi) is 6.47. The lowest BCUT2D eigenvalue weighted by Gasteiger charge is -2.30. The molecule has 9 nitrogen and oxygen atoms in total. The van der Waals surface area contributed by atoms with Gasteiger partial charge < -0.3 is 21.1 Å². The highest BCUT2D eigenvalue weighted by molar-refractivity contribution is 6.07. The van der Waals surface area contributed by atoms with Crippen LogP contribution in [0.1, 0.15) is 55.7 Å². The molecule has 1 aromatic carbocycles. The fourth-order valence-corrected chi connectivity index (χ4v) is 4.23. The molecule has 1 saturated heterocycles. The second kappa shape index (κ2) is 9.36. The lowest BCUT2D eigenvalue weighted by atomic mass is 9.87. The number of hydrogen-bond acceptors (Lipinski definition) is 5. The highest BCUT2D eigenvalue weighted by Gasteiger charge is 2.29. The average molecular weight is 481 g/mol. The fraction of sp³-hybridized carbons (Fsp3) is 0.360. The van der Waals surface area contributed by atoms with Gasteiger partial charge in [0.1, 0.15) is 11.6 Å². The molecule has 3 heterocycles. The summed E-state index contributed by atoms with van der Waals surface area (Å²) in [5.41, 5.74) is 8.55. The molecule has 184 valence electrons. The van der Waals surface area contributed by atoms with E-state index < -0.39 is 17.8 Å². The number of nitrogen functional groups attached to an aromatic ring is 1. The number of likely N-dealkylation sites (tertiary alicyclic amines) is 1. The van der Waals surface area contributed by atoms with E-state index in [-0.39, 0.29) is 22.8 Å². The predicted molar refractivity (Wildman–Crippen MR) is 131 cm³/mol. The molecule has 35 heavy (non-hydrogen) atoms. The zero-order valence-electron chi connectivity index (χ0n) is 20.0. The number of pyridine rings is 1. The predicted octanol–water partition coefficient (Wildman–Crippen LogP) is 4.53. The number of hydrogen-bond donors (Lipinski definition) is 3. The maximum atomic E-state index is 13.5. The second-order valence-electron chi connectivity index (χ2n) is 9.74. The van der Waals surface area contributed by atoms with Gasteiger partial charge in [0, 0.05) is 47.7 Å². The number of nitrogens with two attached hydrogens (primary N) is 1. The molecule has 10 heteroatoms. The molecule has 2 amide bonds. The van der Waals surface area contributed by atoms with Crippen molar-refractivity contribution in [2.24, 2.45) is 0 Å². The first kappa shape index (κ1) is 24.2. The highest BCUT2D eigenvalue weighted by atomic mass is 19.1. The number of amides is 2. The molecule has 1 aliphatic rings. The number of piperidine rings is 1. The topological polar surface area (TPSA) is 126 Å². The van der Waals surface area contributed by atoms with Crippen molar-refractivity contribution in [2.75, 3.05) is 24.1 Å². The van der Waals surface area contributed by atoms with Crippen molar-refractivity contribution in [1.82, 2.24) is 19.7 Å². The van der Waals surface area contributed by atoms with Gasteiger partial charge in [-0.25, -0.2) is 14.2 Å². The molecular weight excluding hydrogens is 451 g/mol. The first-order chi connectivity index (χ1) is 16.5. The van der Waals surface area contributed by atoms with Crippen LogP contribution in [0.2, 0.25) is 0 Å². The Morgan fingerprint density at radius 2 is 1.91 bits per heavy atom. The first-order valence-electron chi connectivity index (χ1n) is 11.4. The van der Waals surface area contributed by atoms with E-state index in [0.717, 1.165) is 11.3 Å². The van der Waals surface area contributed by atoms with Crippen LogP contribution in [0, 0.1) is 5.82 Å².